The summed E-state index contributed by atoms with van der Waals surface area (Å²) >= 11 is 7.52. The molecule has 1 aromatic heterocycles. The van der Waals surface area contributed by atoms with Gasteiger partial charge in [0.25, 0.3) is 5.91 Å². The van der Waals surface area contributed by atoms with Crippen molar-refractivity contribution in [3.05, 3.63) is 57.4 Å². The molecule has 0 spiro atoms. The van der Waals surface area contributed by atoms with Crippen molar-refractivity contribution in [3.8, 4) is 5.69 Å². The minimum absolute atomic E-state index is 0.0370. The van der Waals surface area contributed by atoms with Crippen molar-refractivity contribution in [2.75, 3.05) is 0 Å². The van der Waals surface area contributed by atoms with Gasteiger partial charge in [0.1, 0.15) is 0 Å². The van der Waals surface area contributed by atoms with Crippen molar-refractivity contribution in [1.29, 1.82) is 5.41 Å². The summed E-state index contributed by atoms with van der Waals surface area (Å²) in [5, 5.41) is 14.9. The van der Waals surface area contributed by atoms with Crippen molar-refractivity contribution in [2.45, 2.75) is 20.8 Å². The van der Waals surface area contributed by atoms with E-state index in [2.05, 4.69) is 14.7 Å². The fraction of sp³-hybridized carbons (Fsp3) is 0.158. The minimum Gasteiger partial charge on any atom is -0.318 e. The Morgan fingerprint density at radius 1 is 1.26 bits per heavy atom. The fourth-order valence-corrected chi connectivity index (χ4v) is 4.01. The molecule has 1 aromatic carbocycles. The summed E-state index contributed by atoms with van der Waals surface area (Å²) in [4.78, 5) is 16.4. The maximum absolute atomic E-state index is 12.4. The number of carbonyl (C=O) groups excluding carboxylic acids is 1. The molecule has 0 radical (unpaired) electrons. The number of hydrogen-bond acceptors (Lipinski definition) is 4. The molecule has 1 amide bonds. The molecule has 2 aromatic rings. The normalized spacial score (nSPS) is 17.7. The molecule has 2 aliphatic heterocycles. The third-order valence-electron chi connectivity index (χ3n) is 4.65. The van der Waals surface area contributed by atoms with Crippen molar-refractivity contribution >= 4 is 51.9 Å². The Morgan fingerprint density at radius 3 is 2.81 bits per heavy atom. The molecule has 27 heavy (non-hydrogen) atoms. The minimum atomic E-state index is -0.423. The van der Waals surface area contributed by atoms with E-state index in [9.17, 15) is 4.79 Å². The van der Waals surface area contributed by atoms with Crippen LogP contribution in [-0.2, 0) is 4.79 Å². The van der Waals surface area contributed by atoms with Crippen molar-refractivity contribution in [1.82, 2.24) is 9.58 Å². The Morgan fingerprint density at radius 2 is 2.04 bits per heavy atom. The van der Waals surface area contributed by atoms with Crippen LogP contribution in [0.1, 0.15) is 22.5 Å². The molecule has 0 unspecified atom stereocenters. The number of aryl methyl sites for hydroxylation is 1. The predicted octanol–water partition coefficient (Wildman–Crippen LogP) is 4.30. The van der Waals surface area contributed by atoms with Crippen LogP contribution in [0.25, 0.3) is 11.8 Å². The summed E-state index contributed by atoms with van der Waals surface area (Å²) in [5.74, 6) is -0.386. The molecule has 4 rings (SSSR count). The third-order valence-corrected chi connectivity index (χ3v) is 5.73. The lowest BCUT2D eigenvalue weighted by atomic mass is 10.1. The Kier molecular flexibility index (Phi) is 4.28. The summed E-state index contributed by atoms with van der Waals surface area (Å²) in [5.41, 5.74) is 6.60. The number of aliphatic imine (C=N–C) groups is 1. The number of rotatable bonds is 2. The number of fused-ring (bicyclic) bond motifs is 1. The van der Waals surface area contributed by atoms with Gasteiger partial charge in [-0.15, -0.1) is 0 Å². The maximum atomic E-state index is 12.4. The molecular formula is C19H16ClN5OS. The molecule has 8 heteroatoms. The lowest BCUT2D eigenvalue weighted by Gasteiger charge is -2.20. The van der Waals surface area contributed by atoms with Gasteiger partial charge in [0.2, 0.25) is 0 Å². The Labute approximate surface area is 165 Å². The number of nitrogens with zero attached hydrogens (tertiary/aromatic N) is 4. The summed E-state index contributed by atoms with van der Waals surface area (Å²) in [6.45, 7) is 5.96. The smallest absolute Gasteiger partial charge is 0.283 e. The van der Waals surface area contributed by atoms with Crippen LogP contribution in [0.15, 0.2) is 39.9 Å². The molecule has 0 bridgehead atoms. The lowest BCUT2D eigenvalue weighted by molar-refractivity contribution is -0.114. The largest absolute Gasteiger partial charge is 0.318 e. The Balaban J connectivity index is 1.82. The average Bonchev–Trinajstić information content (AvgIpc) is 3.19. The van der Waals surface area contributed by atoms with Crippen LogP contribution < -0.4 is 0 Å². The first-order valence-electron chi connectivity index (χ1n) is 8.26. The SMILES string of the molecule is Cc1c(Cl)cccc1-n1c(C)cc(/C=C2/C(=N)N3N=CSC3=NC2=O)c1C. The second-order valence-electron chi connectivity index (χ2n) is 6.30. The lowest BCUT2D eigenvalue weighted by Crippen LogP contribution is -2.35. The number of benzene rings is 1. The molecule has 0 atom stereocenters. The quantitative estimate of drug-likeness (QED) is 0.767. The predicted molar refractivity (Wildman–Crippen MR) is 111 cm³/mol. The van der Waals surface area contributed by atoms with Crippen LogP contribution in [-0.4, -0.2) is 32.0 Å². The molecule has 2 aliphatic rings. The average molecular weight is 398 g/mol. The van der Waals surface area contributed by atoms with Crippen molar-refractivity contribution < 1.29 is 4.79 Å². The number of carbonyl (C=O) groups is 1. The monoisotopic (exact) mass is 397 g/mol. The number of amidine groups is 2. The van der Waals surface area contributed by atoms with Crippen LogP contribution >= 0.6 is 23.4 Å². The van der Waals surface area contributed by atoms with Gasteiger partial charge < -0.3 is 4.57 Å². The highest BCUT2D eigenvalue weighted by molar-refractivity contribution is 8.25. The molecule has 136 valence electrons. The molecular weight excluding hydrogens is 382 g/mol. The van der Waals surface area contributed by atoms with Crippen LogP contribution in [0.5, 0.6) is 0 Å². The van der Waals surface area contributed by atoms with E-state index >= 15 is 0 Å². The van der Waals surface area contributed by atoms with E-state index in [0.717, 1.165) is 28.2 Å². The van der Waals surface area contributed by atoms with Gasteiger partial charge in [0, 0.05) is 22.1 Å². The standard InChI is InChI=1S/C19H16ClN5OS/c1-10-7-13(12(3)24(10)16-6-4-5-15(20)11(16)2)8-14-17(21)25-19(23-18(14)26)27-9-22-25/h4-9,21H,1-3H3/b14-8-,21-17?. The molecule has 0 saturated carbocycles. The number of halogens is 1. The van der Waals surface area contributed by atoms with E-state index in [1.807, 2.05) is 45.0 Å². The molecule has 0 fully saturated rings. The Hall–Kier alpha value is -2.64. The zero-order valence-electron chi connectivity index (χ0n) is 14.9. The number of aromatic nitrogens is 1. The van der Waals surface area contributed by atoms with E-state index in [4.69, 9.17) is 17.0 Å². The number of hydrogen-bond donors (Lipinski definition) is 1. The first-order chi connectivity index (χ1) is 12.9. The van der Waals surface area contributed by atoms with Gasteiger partial charge in [-0.05, 0) is 67.9 Å². The maximum Gasteiger partial charge on any atom is 0.283 e. The van der Waals surface area contributed by atoms with Gasteiger partial charge in [0.05, 0.1) is 11.1 Å². The van der Waals surface area contributed by atoms with Crippen LogP contribution in [0.3, 0.4) is 0 Å². The third kappa shape index (κ3) is 2.83. The van der Waals surface area contributed by atoms with Gasteiger partial charge in [0.15, 0.2) is 11.0 Å². The summed E-state index contributed by atoms with van der Waals surface area (Å²) in [7, 11) is 0. The molecule has 0 saturated heterocycles. The van der Waals surface area contributed by atoms with Gasteiger partial charge in [-0.25, -0.2) is 0 Å². The highest BCUT2D eigenvalue weighted by Crippen LogP contribution is 2.30. The van der Waals surface area contributed by atoms with E-state index in [1.54, 1.807) is 11.6 Å². The van der Waals surface area contributed by atoms with E-state index < -0.39 is 5.91 Å². The summed E-state index contributed by atoms with van der Waals surface area (Å²) in [6, 6.07) is 7.79. The second-order valence-corrected chi connectivity index (χ2v) is 7.52. The molecule has 1 N–H and O–H groups in total. The molecule has 6 nitrogen and oxygen atoms in total. The number of hydrazone groups is 1. The van der Waals surface area contributed by atoms with Crippen molar-refractivity contribution in [3.63, 3.8) is 0 Å². The van der Waals surface area contributed by atoms with Gasteiger partial charge >= 0.3 is 0 Å². The molecule has 0 aliphatic carbocycles. The van der Waals surface area contributed by atoms with Gasteiger partial charge in [-0.3, -0.25) is 10.2 Å². The topological polar surface area (TPSA) is 73.8 Å². The zero-order valence-corrected chi connectivity index (χ0v) is 16.5. The first kappa shape index (κ1) is 17.8. The van der Waals surface area contributed by atoms with Crippen molar-refractivity contribution in [2.24, 2.45) is 10.1 Å². The first-order valence-corrected chi connectivity index (χ1v) is 9.51. The van der Waals surface area contributed by atoms with Crippen LogP contribution in [0, 0.1) is 26.2 Å². The fourth-order valence-electron chi connectivity index (χ4n) is 3.24. The molecule has 3 heterocycles. The summed E-state index contributed by atoms with van der Waals surface area (Å²) < 4.78 is 2.10. The van der Waals surface area contributed by atoms with Crippen LogP contribution in [0.2, 0.25) is 5.02 Å². The highest BCUT2D eigenvalue weighted by Gasteiger charge is 2.32. The second kappa shape index (κ2) is 6.51. The number of nitrogens with one attached hydrogen (secondary N) is 1. The van der Waals surface area contributed by atoms with E-state index in [1.165, 1.54) is 16.8 Å². The highest BCUT2D eigenvalue weighted by atomic mass is 35.5. The van der Waals surface area contributed by atoms with Gasteiger partial charge in [-0.1, -0.05) is 17.7 Å². The zero-order chi connectivity index (χ0) is 19.3. The van der Waals surface area contributed by atoms with Crippen LogP contribution in [0.4, 0.5) is 0 Å². The Bertz CT molecular complexity index is 1100. The summed E-state index contributed by atoms with van der Waals surface area (Å²) in [6.07, 6.45) is 1.71. The van der Waals surface area contributed by atoms with E-state index in [0.29, 0.717) is 10.2 Å². The van der Waals surface area contributed by atoms with E-state index in [-0.39, 0.29) is 11.4 Å². The van der Waals surface area contributed by atoms with Gasteiger partial charge in [-0.2, -0.15) is 15.1 Å². The number of thioether (sulfide) groups is 1. The number of amides is 1.